The maximum Gasteiger partial charge on any atom is 0.265 e. The summed E-state index contributed by atoms with van der Waals surface area (Å²) >= 11 is 2.26. The Bertz CT molecular complexity index is 613. The second-order valence-electron chi connectivity index (χ2n) is 4.78. The van der Waals surface area contributed by atoms with Gasteiger partial charge in [-0.15, -0.1) is 0 Å². The van der Waals surface area contributed by atoms with E-state index >= 15 is 0 Å². The number of nitrogens with one attached hydrogen (secondary N) is 1. The molecule has 1 atom stereocenters. The average Bonchev–Trinajstić information content (AvgIpc) is 2.49. The van der Waals surface area contributed by atoms with Crippen LogP contribution in [0.2, 0.25) is 0 Å². The molecular weight excluding hydrogens is 377 g/mol. The predicted molar refractivity (Wildman–Crippen MR) is 93.7 cm³/mol. The van der Waals surface area contributed by atoms with Crippen molar-refractivity contribution < 1.29 is 9.53 Å². The maximum atomic E-state index is 12.3. The van der Waals surface area contributed by atoms with E-state index < -0.39 is 6.10 Å². The van der Waals surface area contributed by atoms with Gasteiger partial charge >= 0.3 is 0 Å². The number of carbonyl (C=O) groups is 1. The van der Waals surface area contributed by atoms with E-state index in [4.69, 9.17) is 4.74 Å². The van der Waals surface area contributed by atoms with E-state index in [1.54, 1.807) is 0 Å². The van der Waals surface area contributed by atoms with Gasteiger partial charge < -0.3 is 10.1 Å². The van der Waals surface area contributed by atoms with Crippen molar-refractivity contribution in [3.63, 3.8) is 0 Å². The highest BCUT2D eigenvalue weighted by Crippen LogP contribution is 2.18. The number of benzene rings is 2. The minimum atomic E-state index is -0.494. The minimum absolute atomic E-state index is 0.124. The first-order chi connectivity index (χ1) is 10.1. The molecule has 1 N–H and O–H groups in total. The number of halogens is 1. The molecule has 0 aliphatic heterocycles. The van der Waals surface area contributed by atoms with Crippen molar-refractivity contribution >= 4 is 34.2 Å². The fourth-order valence-corrected chi connectivity index (χ4v) is 2.39. The van der Waals surface area contributed by atoms with Crippen LogP contribution in [0.25, 0.3) is 0 Å². The van der Waals surface area contributed by atoms with Gasteiger partial charge in [-0.2, -0.15) is 0 Å². The topological polar surface area (TPSA) is 38.3 Å². The number of amides is 1. The Morgan fingerprint density at radius 2 is 1.95 bits per heavy atom. The van der Waals surface area contributed by atoms with E-state index in [9.17, 15) is 4.79 Å². The van der Waals surface area contributed by atoms with Crippen molar-refractivity contribution in [2.75, 3.05) is 5.32 Å². The van der Waals surface area contributed by atoms with Crippen molar-refractivity contribution in [3.05, 3.63) is 57.7 Å². The fourth-order valence-electron chi connectivity index (χ4n) is 1.88. The molecule has 0 aliphatic rings. The van der Waals surface area contributed by atoms with Gasteiger partial charge in [0.25, 0.3) is 5.91 Å². The van der Waals surface area contributed by atoms with Gasteiger partial charge in [0, 0.05) is 9.26 Å². The molecule has 0 spiro atoms. The normalized spacial score (nSPS) is 11.8. The van der Waals surface area contributed by atoms with E-state index in [0.717, 1.165) is 9.26 Å². The molecule has 0 aromatic heterocycles. The standard InChI is InChI=1S/C17H18INO2/c1-3-16(21-14-7-5-4-6-8-14)17(20)19-13-10-9-12(2)15(18)11-13/h4-11,16H,3H2,1-2H3,(H,19,20)/t16-/m0/s1. The van der Waals surface area contributed by atoms with Crippen LogP contribution < -0.4 is 10.1 Å². The van der Waals surface area contributed by atoms with Crippen LogP contribution in [0.1, 0.15) is 18.9 Å². The first kappa shape index (κ1) is 15.8. The Hall–Kier alpha value is -1.56. The largest absolute Gasteiger partial charge is 0.481 e. The highest BCUT2D eigenvalue weighted by Gasteiger charge is 2.18. The van der Waals surface area contributed by atoms with Crippen LogP contribution in [-0.4, -0.2) is 12.0 Å². The van der Waals surface area contributed by atoms with Gasteiger partial charge in [-0.05, 0) is 65.8 Å². The van der Waals surface area contributed by atoms with Gasteiger partial charge in [-0.3, -0.25) is 4.79 Å². The zero-order valence-electron chi connectivity index (χ0n) is 12.1. The first-order valence-electron chi connectivity index (χ1n) is 6.89. The van der Waals surface area contributed by atoms with E-state index in [2.05, 4.69) is 27.9 Å². The summed E-state index contributed by atoms with van der Waals surface area (Å²) in [6.45, 7) is 3.98. The molecule has 0 saturated heterocycles. The van der Waals surface area contributed by atoms with Gasteiger partial charge in [0.15, 0.2) is 6.10 Å². The number of aryl methyl sites for hydroxylation is 1. The molecule has 0 bridgehead atoms. The molecule has 0 fully saturated rings. The average molecular weight is 395 g/mol. The van der Waals surface area contributed by atoms with Crippen LogP contribution in [0.4, 0.5) is 5.69 Å². The van der Waals surface area contributed by atoms with Crippen LogP contribution in [0.3, 0.4) is 0 Å². The van der Waals surface area contributed by atoms with Crippen LogP contribution in [0.5, 0.6) is 5.75 Å². The summed E-state index contributed by atoms with van der Waals surface area (Å²) < 4.78 is 6.86. The number of carbonyl (C=O) groups excluding carboxylic acids is 1. The summed E-state index contributed by atoms with van der Waals surface area (Å²) in [5.74, 6) is 0.582. The highest BCUT2D eigenvalue weighted by molar-refractivity contribution is 14.1. The Labute approximate surface area is 138 Å². The first-order valence-corrected chi connectivity index (χ1v) is 7.96. The molecule has 2 aromatic rings. The Balaban J connectivity index is 2.04. The summed E-state index contributed by atoms with van der Waals surface area (Å²) in [5.41, 5.74) is 1.99. The van der Waals surface area contributed by atoms with E-state index in [1.165, 1.54) is 5.56 Å². The number of ether oxygens (including phenoxy) is 1. The lowest BCUT2D eigenvalue weighted by atomic mass is 10.2. The monoisotopic (exact) mass is 395 g/mol. The number of rotatable bonds is 5. The Morgan fingerprint density at radius 3 is 2.57 bits per heavy atom. The van der Waals surface area contributed by atoms with Gasteiger partial charge in [0.05, 0.1) is 0 Å². The van der Waals surface area contributed by atoms with Crippen molar-refractivity contribution in [2.45, 2.75) is 26.4 Å². The second-order valence-corrected chi connectivity index (χ2v) is 5.94. The van der Waals surface area contributed by atoms with E-state index in [1.807, 2.05) is 62.4 Å². The van der Waals surface area contributed by atoms with E-state index in [0.29, 0.717) is 12.2 Å². The molecule has 0 saturated carbocycles. The van der Waals surface area contributed by atoms with Crippen molar-refractivity contribution in [2.24, 2.45) is 0 Å². The second kappa shape index (κ2) is 7.45. The lowest BCUT2D eigenvalue weighted by Gasteiger charge is -2.17. The molecule has 3 nitrogen and oxygen atoms in total. The summed E-state index contributed by atoms with van der Waals surface area (Å²) in [7, 11) is 0. The molecule has 110 valence electrons. The van der Waals surface area contributed by atoms with Crippen molar-refractivity contribution in [1.82, 2.24) is 0 Å². The third kappa shape index (κ3) is 4.46. The lowest BCUT2D eigenvalue weighted by Crippen LogP contribution is -2.32. The number of hydrogen-bond donors (Lipinski definition) is 1. The maximum absolute atomic E-state index is 12.3. The summed E-state index contributed by atoms with van der Waals surface area (Å²) in [6.07, 6.45) is 0.121. The van der Waals surface area contributed by atoms with Crippen LogP contribution >= 0.6 is 22.6 Å². The van der Waals surface area contributed by atoms with Crippen molar-refractivity contribution in [3.8, 4) is 5.75 Å². The van der Waals surface area contributed by atoms with Gasteiger partial charge in [0.1, 0.15) is 5.75 Å². The Morgan fingerprint density at radius 1 is 1.24 bits per heavy atom. The van der Waals surface area contributed by atoms with Gasteiger partial charge in [0.2, 0.25) is 0 Å². The zero-order chi connectivity index (χ0) is 15.2. The quantitative estimate of drug-likeness (QED) is 0.763. The highest BCUT2D eigenvalue weighted by atomic mass is 127. The minimum Gasteiger partial charge on any atom is -0.481 e. The molecule has 0 heterocycles. The number of para-hydroxylation sites is 1. The zero-order valence-corrected chi connectivity index (χ0v) is 14.3. The summed E-state index contributed by atoms with van der Waals surface area (Å²) in [5, 5.41) is 2.91. The number of hydrogen-bond acceptors (Lipinski definition) is 2. The molecular formula is C17H18INO2. The molecule has 2 rings (SSSR count). The molecule has 0 radical (unpaired) electrons. The fraction of sp³-hybridized carbons (Fsp3) is 0.235. The van der Waals surface area contributed by atoms with Gasteiger partial charge in [-0.25, -0.2) is 0 Å². The Kier molecular flexibility index (Phi) is 5.61. The van der Waals surface area contributed by atoms with Gasteiger partial charge in [-0.1, -0.05) is 31.2 Å². The van der Waals surface area contributed by atoms with Crippen LogP contribution in [-0.2, 0) is 4.79 Å². The molecule has 0 unspecified atom stereocenters. The molecule has 4 heteroatoms. The SMILES string of the molecule is CC[C@H](Oc1ccccc1)C(=O)Nc1ccc(C)c(I)c1. The summed E-state index contributed by atoms with van der Waals surface area (Å²) in [6, 6.07) is 15.3. The third-order valence-corrected chi connectivity index (χ3v) is 4.29. The molecule has 21 heavy (non-hydrogen) atoms. The molecule has 0 aliphatic carbocycles. The smallest absolute Gasteiger partial charge is 0.265 e. The summed E-state index contributed by atoms with van der Waals surface area (Å²) in [4.78, 5) is 12.3. The van der Waals surface area contributed by atoms with E-state index in [-0.39, 0.29) is 5.91 Å². The molecule has 2 aromatic carbocycles. The lowest BCUT2D eigenvalue weighted by molar-refractivity contribution is -0.122. The molecule has 1 amide bonds. The third-order valence-electron chi connectivity index (χ3n) is 3.12. The predicted octanol–water partition coefficient (Wildman–Crippen LogP) is 4.40. The van der Waals surface area contributed by atoms with Crippen LogP contribution in [0, 0.1) is 10.5 Å². The van der Waals surface area contributed by atoms with Crippen molar-refractivity contribution in [1.29, 1.82) is 0 Å². The van der Waals surface area contributed by atoms with Crippen LogP contribution in [0.15, 0.2) is 48.5 Å². The number of anilines is 1.